The predicted octanol–water partition coefficient (Wildman–Crippen LogP) is 5.75. The van der Waals surface area contributed by atoms with Gasteiger partial charge in [0, 0.05) is 17.5 Å². The Bertz CT molecular complexity index is 1170. The van der Waals surface area contributed by atoms with Gasteiger partial charge in [-0.3, -0.25) is 4.79 Å². The summed E-state index contributed by atoms with van der Waals surface area (Å²) in [6.07, 6.45) is 3.99. The zero-order chi connectivity index (χ0) is 20.5. The molecule has 1 amide bonds. The number of carbonyl (C=O) groups is 1. The van der Waals surface area contributed by atoms with E-state index in [4.69, 9.17) is 21.1 Å². The Morgan fingerprint density at radius 3 is 2.60 bits per heavy atom. The fourth-order valence-corrected chi connectivity index (χ4v) is 4.46. The summed E-state index contributed by atoms with van der Waals surface area (Å²) in [4.78, 5) is 17.3. The molecule has 0 N–H and O–H groups in total. The fourth-order valence-electron chi connectivity index (χ4n) is 3.43. The first-order valence-corrected chi connectivity index (χ1v) is 10.6. The second-order valence-corrected chi connectivity index (χ2v) is 8.30. The zero-order valence-electron chi connectivity index (χ0n) is 15.7. The van der Waals surface area contributed by atoms with Crippen molar-refractivity contribution in [3.05, 3.63) is 99.8 Å². The Morgan fingerprint density at radius 2 is 1.87 bits per heavy atom. The fraction of sp³-hybridized carbons (Fsp3) is 0.0870. The van der Waals surface area contributed by atoms with E-state index >= 15 is 0 Å². The van der Waals surface area contributed by atoms with Crippen molar-refractivity contribution in [1.29, 1.82) is 0 Å². The van der Waals surface area contributed by atoms with Gasteiger partial charge in [0.15, 0.2) is 5.17 Å². The van der Waals surface area contributed by atoms with Crippen molar-refractivity contribution in [3.63, 3.8) is 0 Å². The van der Waals surface area contributed by atoms with Gasteiger partial charge in [0.1, 0.15) is 5.76 Å². The number of hydrazone groups is 1. The molecular formula is C23H16ClN3O2S. The lowest BCUT2D eigenvalue weighted by molar-refractivity contribution is -0.113. The number of hydrogen-bond acceptors (Lipinski definition) is 5. The third kappa shape index (κ3) is 3.72. The number of hydrogen-bond donors (Lipinski definition) is 0. The maximum atomic E-state index is 12.5. The van der Waals surface area contributed by atoms with Crippen LogP contribution in [0, 0.1) is 0 Å². The van der Waals surface area contributed by atoms with Crippen molar-refractivity contribution in [2.24, 2.45) is 10.1 Å². The summed E-state index contributed by atoms with van der Waals surface area (Å²) in [6.45, 7) is 0. The lowest BCUT2D eigenvalue weighted by atomic mass is 9.99. The first kappa shape index (κ1) is 18.9. The average Bonchev–Trinajstić information content (AvgIpc) is 3.50. The van der Waals surface area contributed by atoms with Crippen LogP contribution in [0.2, 0.25) is 5.02 Å². The van der Waals surface area contributed by atoms with E-state index in [9.17, 15) is 4.79 Å². The van der Waals surface area contributed by atoms with Crippen molar-refractivity contribution in [1.82, 2.24) is 5.01 Å². The number of furan rings is 1. The van der Waals surface area contributed by atoms with Crippen LogP contribution < -0.4 is 0 Å². The van der Waals surface area contributed by atoms with E-state index in [-0.39, 0.29) is 11.9 Å². The molecule has 0 bridgehead atoms. The third-order valence-corrected chi connectivity index (χ3v) is 6.12. The molecule has 5 nitrogen and oxygen atoms in total. The maximum absolute atomic E-state index is 12.5. The summed E-state index contributed by atoms with van der Waals surface area (Å²) in [7, 11) is 0. The van der Waals surface area contributed by atoms with Gasteiger partial charge in [-0.25, -0.2) is 5.01 Å². The van der Waals surface area contributed by atoms with E-state index < -0.39 is 0 Å². The van der Waals surface area contributed by atoms with Crippen molar-refractivity contribution < 1.29 is 9.21 Å². The van der Waals surface area contributed by atoms with Crippen LogP contribution in [0.25, 0.3) is 6.08 Å². The lowest BCUT2D eigenvalue weighted by Gasteiger charge is -2.22. The zero-order valence-corrected chi connectivity index (χ0v) is 17.3. The lowest BCUT2D eigenvalue weighted by Crippen LogP contribution is -2.23. The summed E-state index contributed by atoms with van der Waals surface area (Å²) in [6, 6.07) is 21.3. The van der Waals surface area contributed by atoms with Crippen LogP contribution in [0.15, 0.2) is 92.4 Å². The number of halogens is 1. The van der Waals surface area contributed by atoms with Gasteiger partial charge in [0.05, 0.1) is 22.9 Å². The number of amides is 1. The van der Waals surface area contributed by atoms with E-state index in [1.54, 1.807) is 24.5 Å². The van der Waals surface area contributed by atoms with Crippen molar-refractivity contribution in [2.75, 3.05) is 0 Å². The molecule has 148 valence electrons. The van der Waals surface area contributed by atoms with Crippen molar-refractivity contribution >= 4 is 46.2 Å². The highest BCUT2D eigenvalue weighted by atomic mass is 35.5. The molecule has 1 atom stereocenters. The van der Waals surface area contributed by atoms with Crippen LogP contribution in [0.1, 0.15) is 29.3 Å². The second-order valence-electron chi connectivity index (χ2n) is 6.85. The Hall–Kier alpha value is -3.09. The Kier molecular flexibility index (Phi) is 5.02. The number of benzene rings is 2. The molecule has 2 aromatic carbocycles. The molecule has 0 aliphatic carbocycles. The SMILES string of the molecule is O=C1N=C(N2N=C(c3ccccc3)CC2c2ccc(Cl)cc2)S/C1=C\c1ccco1. The Morgan fingerprint density at radius 1 is 1.07 bits per heavy atom. The number of rotatable bonds is 3. The quantitative estimate of drug-likeness (QED) is 0.493. The molecule has 1 aromatic heterocycles. The first-order chi connectivity index (χ1) is 14.7. The Labute approximate surface area is 182 Å². The molecular weight excluding hydrogens is 418 g/mol. The first-order valence-electron chi connectivity index (χ1n) is 9.41. The van der Waals surface area contributed by atoms with Gasteiger partial charge >= 0.3 is 0 Å². The number of nitrogens with zero attached hydrogens (tertiary/aromatic N) is 3. The molecule has 0 spiro atoms. The number of carbonyl (C=O) groups excluding carboxylic acids is 1. The second kappa shape index (κ2) is 7.97. The molecule has 0 saturated heterocycles. The van der Waals surface area contributed by atoms with E-state index in [0.717, 1.165) is 16.8 Å². The molecule has 2 aliphatic rings. The molecule has 7 heteroatoms. The molecule has 0 radical (unpaired) electrons. The van der Waals surface area contributed by atoms with E-state index in [0.29, 0.717) is 27.3 Å². The van der Waals surface area contributed by atoms with Crippen LogP contribution >= 0.6 is 23.4 Å². The molecule has 0 fully saturated rings. The van der Waals surface area contributed by atoms with Gasteiger partial charge in [0.25, 0.3) is 5.91 Å². The summed E-state index contributed by atoms with van der Waals surface area (Å²) in [5.74, 6) is 0.330. The van der Waals surface area contributed by atoms with Gasteiger partial charge < -0.3 is 4.42 Å². The summed E-state index contributed by atoms with van der Waals surface area (Å²) >= 11 is 7.39. The minimum Gasteiger partial charge on any atom is -0.465 e. The Balaban J connectivity index is 1.49. The maximum Gasteiger partial charge on any atom is 0.286 e. The van der Waals surface area contributed by atoms with Gasteiger partial charge in [0.2, 0.25) is 0 Å². The van der Waals surface area contributed by atoms with Crippen LogP contribution in [0.5, 0.6) is 0 Å². The smallest absolute Gasteiger partial charge is 0.286 e. The summed E-state index contributed by atoms with van der Waals surface area (Å²) in [5, 5.41) is 7.93. The summed E-state index contributed by atoms with van der Waals surface area (Å²) < 4.78 is 5.33. The van der Waals surface area contributed by atoms with E-state index in [1.807, 2.05) is 59.6 Å². The van der Waals surface area contributed by atoms with Gasteiger partial charge in [-0.2, -0.15) is 10.1 Å². The largest absolute Gasteiger partial charge is 0.465 e. The molecule has 3 heterocycles. The minimum atomic E-state index is -0.287. The number of amidine groups is 1. The number of aliphatic imine (C=N–C) groups is 1. The van der Waals surface area contributed by atoms with Crippen LogP contribution in [0.4, 0.5) is 0 Å². The van der Waals surface area contributed by atoms with Crippen LogP contribution in [0.3, 0.4) is 0 Å². The van der Waals surface area contributed by atoms with E-state index in [1.165, 1.54) is 11.8 Å². The average molecular weight is 434 g/mol. The van der Waals surface area contributed by atoms with Gasteiger partial charge in [-0.15, -0.1) is 0 Å². The highest BCUT2D eigenvalue weighted by Gasteiger charge is 2.36. The molecule has 1 unspecified atom stereocenters. The van der Waals surface area contributed by atoms with Crippen LogP contribution in [-0.2, 0) is 4.79 Å². The topological polar surface area (TPSA) is 58.2 Å². The minimum absolute atomic E-state index is 0.0699. The van der Waals surface area contributed by atoms with Gasteiger partial charge in [-0.05, 0) is 47.2 Å². The molecule has 3 aromatic rings. The summed E-state index contributed by atoms with van der Waals surface area (Å²) in [5.41, 5.74) is 3.07. The monoisotopic (exact) mass is 433 g/mol. The van der Waals surface area contributed by atoms with Gasteiger partial charge in [-0.1, -0.05) is 54.1 Å². The third-order valence-electron chi connectivity index (χ3n) is 4.89. The molecule has 2 aliphatic heterocycles. The predicted molar refractivity (Wildman–Crippen MR) is 120 cm³/mol. The molecule has 5 rings (SSSR count). The number of thioether (sulfide) groups is 1. The van der Waals surface area contributed by atoms with E-state index in [2.05, 4.69) is 4.99 Å². The molecule has 0 saturated carbocycles. The van der Waals surface area contributed by atoms with Crippen LogP contribution in [-0.4, -0.2) is 21.8 Å². The van der Waals surface area contributed by atoms with Crippen molar-refractivity contribution in [2.45, 2.75) is 12.5 Å². The highest BCUT2D eigenvalue weighted by Crippen LogP contribution is 2.39. The molecule has 30 heavy (non-hydrogen) atoms. The standard InChI is InChI=1S/C23H16ClN3O2S/c24-17-10-8-16(9-11-17)20-14-19(15-5-2-1-3-6-15)26-27(20)23-25-22(28)21(30-23)13-18-7-4-12-29-18/h1-13,20H,14H2/b21-13-. The normalized spacial score (nSPS) is 20.0. The van der Waals surface area contributed by atoms with Crippen molar-refractivity contribution in [3.8, 4) is 0 Å². The highest BCUT2D eigenvalue weighted by molar-refractivity contribution is 8.18.